The summed E-state index contributed by atoms with van der Waals surface area (Å²) in [6.45, 7) is 9.63. The number of morpholine rings is 1. The topological polar surface area (TPSA) is 103 Å². The molecule has 0 spiro atoms. The normalized spacial score (nSPS) is 15.2. The molecule has 3 heterocycles. The monoisotopic (exact) mass is 475 g/mol. The Balaban J connectivity index is 1.63. The van der Waals surface area contributed by atoms with Gasteiger partial charge in [0.1, 0.15) is 5.76 Å². The van der Waals surface area contributed by atoms with Crippen LogP contribution in [0.25, 0.3) is 11.4 Å². The van der Waals surface area contributed by atoms with E-state index >= 15 is 0 Å². The molecule has 32 heavy (non-hydrogen) atoms. The molecule has 2 aromatic heterocycles. The van der Waals surface area contributed by atoms with E-state index in [-0.39, 0.29) is 4.90 Å². The van der Waals surface area contributed by atoms with Crippen molar-refractivity contribution in [2.24, 2.45) is 0 Å². The highest BCUT2D eigenvalue weighted by atomic mass is 32.2. The lowest BCUT2D eigenvalue weighted by molar-refractivity contribution is 0.0730. The number of aromatic nitrogens is 4. The first-order valence-electron chi connectivity index (χ1n) is 10.2. The third kappa shape index (κ3) is 4.51. The molecule has 0 amide bonds. The highest BCUT2D eigenvalue weighted by Crippen LogP contribution is 2.30. The first kappa shape index (κ1) is 22.7. The van der Waals surface area contributed by atoms with E-state index in [1.165, 1.54) is 16.1 Å². The molecule has 170 valence electrons. The fourth-order valence-corrected chi connectivity index (χ4v) is 6.03. The van der Waals surface area contributed by atoms with E-state index in [0.717, 1.165) is 17.0 Å². The molecule has 1 fully saturated rings. The molecule has 0 saturated carbocycles. The van der Waals surface area contributed by atoms with Crippen molar-refractivity contribution in [1.29, 1.82) is 0 Å². The number of hydrogen-bond acceptors (Lipinski definition) is 8. The van der Waals surface area contributed by atoms with Crippen LogP contribution in [0.15, 0.2) is 51.5 Å². The van der Waals surface area contributed by atoms with Gasteiger partial charge in [-0.15, -0.1) is 16.8 Å². The standard InChI is InChI=1S/C21H25N5O4S2/c1-4-8-26-20(22-23-21(26)31-14-19-15(2)24-30-16(19)3)17-6-5-7-18(13-17)32(27,28)25-9-11-29-12-10-25/h4-7,13H,1,8-12,14H2,2-3H3. The average Bonchev–Trinajstić information content (AvgIpc) is 3.35. The molecule has 0 bridgehead atoms. The van der Waals surface area contributed by atoms with Crippen molar-refractivity contribution in [3.05, 3.63) is 53.9 Å². The third-order valence-electron chi connectivity index (χ3n) is 5.26. The molecule has 3 aromatic rings. The van der Waals surface area contributed by atoms with Crippen molar-refractivity contribution in [2.75, 3.05) is 26.3 Å². The van der Waals surface area contributed by atoms with Crippen molar-refractivity contribution in [2.45, 2.75) is 36.2 Å². The summed E-state index contributed by atoms with van der Waals surface area (Å²) in [6.07, 6.45) is 1.77. The number of ether oxygens (including phenoxy) is 1. The van der Waals surface area contributed by atoms with Gasteiger partial charge < -0.3 is 9.26 Å². The molecule has 1 saturated heterocycles. The SMILES string of the molecule is C=CCn1c(SCc2c(C)noc2C)nnc1-c1cccc(S(=O)(=O)N2CCOCC2)c1. The Morgan fingerprint density at radius 1 is 1.22 bits per heavy atom. The van der Waals surface area contributed by atoms with Gasteiger partial charge in [-0.25, -0.2) is 8.42 Å². The van der Waals surface area contributed by atoms with Crippen LogP contribution < -0.4 is 0 Å². The van der Waals surface area contributed by atoms with Gasteiger partial charge in [0.25, 0.3) is 0 Å². The zero-order valence-electron chi connectivity index (χ0n) is 18.0. The lowest BCUT2D eigenvalue weighted by Gasteiger charge is -2.26. The van der Waals surface area contributed by atoms with Gasteiger partial charge >= 0.3 is 0 Å². The summed E-state index contributed by atoms with van der Waals surface area (Å²) in [5, 5.41) is 13.4. The fourth-order valence-electron chi connectivity index (χ4n) is 3.48. The van der Waals surface area contributed by atoms with Crippen LogP contribution in [0.5, 0.6) is 0 Å². The van der Waals surface area contributed by atoms with Crippen molar-refractivity contribution >= 4 is 21.8 Å². The van der Waals surface area contributed by atoms with Crippen LogP contribution in [0, 0.1) is 13.8 Å². The van der Waals surface area contributed by atoms with Crippen molar-refractivity contribution < 1.29 is 17.7 Å². The van der Waals surface area contributed by atoms with Gasteiger partial charge in [0.2, 0.25) is 10.0 Å². The molecule has 9 nitrogen and oxygen atoms in total. The average molecular weight is 476 g/mol. The Hall–Kier alpha value is -2.47. The van der Waals surface area contributed by atoms with Crippen LogP contribution in [0.1, 0.15) is 17.0 Å². The summed E-state index contributed by atoms with van der Waals surface area (Å²) < 4.78 is 40.1. The van der Waals surface area contributed by atoms with E-state index in [9.17, 15) is 8.42 Å². The second-order valence-corrected chi connectivity index (χ2v) is 10.2. The van der Waals surface area contributed by atoms with Crippen LogP contribution in [0.2, 0.25) is 0 Å². The Kier molecular flexibility index (Phi) is 6.79. The maximum absolute atomic E-state index is 13.1. The van der Waals surface area contributed by atoms with E-state index in [0.29, 0.717) is 55.1 Å². The number of rotatable bonds is 8. The van der Waals surface area contributed by atoms with Gasteiger partial charge in [-0.3, -0.25) is 4.57 Å². The summed E-state index contributed by atoms with van der Waals surface area (Å²) in [6, 6.07) is 6.82. The number of benzene rings is 1. The zero-order valence-corrected chi connectivity index (χ0v) is 19.7. The molecule has 11 heteroatoms. The molecule has 1 aliphatic rings. The van der Waals surface area contributed by atoms with Gasteiger partial charge in [-0.1, -0.05) is 35.1 Å². The second kappa shape index (κ2) is 9.57. The molecule has 0 N–H and O–H groups in total. The number of nitrogens with zero attached hydrogens (tertiary/aromatic N) is 5. The Bertz CT molecular complexity index is 1190. The molecular formula is C21H25N5O4S2. The largest absolute Gasteiger partial charge is 0.379 e. The number of sulfonamides is 1. The molecule has 1 aromatic carbocycles. The van der Waals surface area contributed by atoms with Gasteiger partial charge in [0.05, 0.1) is 23.8 Å². The summed E-state index contributed by atoms with van der Waals surface area (Å²) in [7, 11) is -3.61. The molecule has 0 radical (unpaired) electrons. The second-order valence-electron chi connectivity index (χ2n) is 7.34. The molecular weight excluding hydrogens is 450 g/mol. The third-order valence-corrected chi connectivity index (χ3v) is 8.14. The van der Waals surface area contributed by atoms with E-state index in [1.807, 2.05) is 24.5 Å². The minimum atomic E-state index is -3.61. The predicted molar refractivity (Wildman–Crippen MR) is 121 cm³/mol. The van der Waals surface area contributed by atoms with E-state index in [2.05, 4.69) is 21.9 Å². The van der Waals surface area contributed by atoms with E-state index < -0.39 is 10.0 Å². The highest BCUT2D eigenvalue weighted by molar-refractivity contribution is 7.98. The molecule has 0 unspecified atom stereocenters. The Morgan fingerprint density at radius 2 is 2.00 bits per heavy atom. The van der Waals surface area contributed by atoms with Crippen molar-refractivity contribution in [1.82, 2.24) is 24.2 Å². The van der Waals surface area contributed by atoms with Crippen LogP contribution in [-0.4, -0.2) is 58.9 Å². The minimum Gasteiger partial charge on any atom is -0.379 e. The quantitative estimate of drug-likeness (QED) is 0.362. The molecule has 0 aliphatic carbocycles. The summed E-state index contributed by atoms with van der Waals surface area (Å²) in [4.78, 5) is 0.231. The minimum absolute atomic E-state index is 0.231. The van der Waals surface area contributed by atoms with E-state index in [1.54, 1.807) is 24.3 Å². The first-order chi connectivity index (χ1) is 15.4. The van der Waals surface area contributed by atoms with Gasteiger partial charge in [-0.05, 0) is 26.0 Å². The van der Waals surface area contributed by atoms with Gasteiger partial charge in [0.15, 0.2) is 11.0 Å². The Labute approximate surface area is 191 Å². The lowest BCUT2D eigenvalue weighted by atomic mass is 10.2. The first-order valence-corrected chi connectivity index (χ1v) is 12.6. The summed E-state index contributed by atoms with van der Waals surface area (Å²) in [5.41, 5.74) is 2.56. The van der Waals surface area contributed by atoms with Crippen molar-refractivity contribution in [3.63, 3.8) is 0 Å². The zero-order chi connectivity index (χ0) is 22.7. The molecule has 4 rings (SSSR count). The number of allylic oxidation sites excluding steroid dienone is 1. The van der Waals surface area contributed by atoms with Gasteiger partial charge in [0, 0.05) is 36.5 Å². The lowest BCUT2D eigenvalue weighted by Crippen LogP contribution is -2.40. The number of thioether (sulfide) groups is 1. The van der Waals surface area contributed by atoms with Crippen LogP contribution >= 0.6 is 11.8 Å². The smallest absolute Gasteiger partial charge is 0.243 e. The van der Waals surface area contributed by atoms with Crippen LogP contribution in [0.4, 0.5) is 0 Å². The fraction of sp³-hybridized carbons (Fsp3) is 0.381. The maximum atomic E-state index is 13.1. The highest BCUT2D eigenvalue weighted by Gasteiger charge is 2.27. The molecule has 0 atom stereocenters. The Morgan fingerprint density at radius 3 is 2.69 bits per heavy atom. The van der Waals surface area contributed by atoms with Crippen molar-refractivity contribution in [3.8, 4) is 11.4 Å². The number of hydrogen-bond donors (Lipinski definition) is 0. The van der Waals surface area contributed by atoms with Gasteiger partial charge in [-0.2, -0.15) is 4.31 Å². The summed E-state index contributed by atoms with van der Waals surface area (Å²) in [5.74, 6) is 2.01. The van der Waals surface area contributed by atoms with Crippen LogP contribution in [-0.2, 0) is 27.1 Å². The van der Waals surface area contributed by atoms with E-state index in [4.69, 9.17) is 9.26 Å². The maximum Gasteiger partial charge on any atom is 0.243 e. The predicted octanol–water partition coefficient (Wildman–Crippen LogP) is 3.05. The molecule has 1 aliphatic heterocycles. The summed E-state index contributed by atoms with van der Waals surface area (Å²) >= 11 is 1.52. The van der Waals surface area contributed by atoms with Crippen LogP contribution in [0.3, 0.4) is 0 Å². The number of aryl methyl sites for hydroxylation is 2.